The van der Waals surface area contributed by atoms with Crippen LogP contribution in [0.2, 0.25) is 5.02 Å². The lowest BCUT2D eigenvalue weighted by Crippen LogP contribution is -2.38. The number of ether oxygens (including phenoxy) is 2. The second-order valence-electron chi connectivity index (χ2n) is 4.71. The fraction of sp³-hybridized carbons (Fsp3) is 0.462. The second kappa shape index (κ2) is 6.31. The summed E-state index contributed by atoms with van der Waals surface area (Å²) in [5.41, 5.74) is 6.07. The van der Waals surface area contributed by atoms with E-state index in [1.54, 1.807) is 6.07 Å². The molecule has 2 N–H and O–H groups in total. The Morgan fingerprint density at radius 3 is 3.00 bits per heavy atom. The Balaban J connectivity index is 1.69. The average molecular weight is 332 g/mol. The zero-order valence-corrected chi connectivity index (χ0v) is 12.8. The van der Waals surface area contributed by atoms with Gasteiger partial charge in [0.2, 0.25) is 0 Å². The van der Waals surface area contributed by atoms with Crippen LogP contribution in [0.3, 0.4) is 0 Å². The van der Waals surface area contributed by atoms with Gasteiger partial charge in [-0.1, -0.05) is 22.9 Å². The fourth-order valence-corrected chi connectivity index (χ4v) is 3.23. The van der Waals surface area contributed by atoms with E-state index in [0.29, 0.717) is 27.7 Å². The molecule has 2 aromatic rings. The Morgan fingerprint density at radius 2 is 2.24 bits per heavy atom. The van der Waals surface area contributed by atoms with Gasteiger partial charge in [0.1, 0.15) is 17.4 Å². The minimum atomic E-state index is -0.523. The molecule has 0 unspecified atom stereocenters. The van der Waals surface area contributed by atoms with Crippen LogP contribution in [-0.4, -0.2) is 49.3 Å². The Bertz CT molecular complexity index is 646. The number of nitrogen functional groups attached to an aromatic ring is 1. The predicted molar refractivity (Wildman–Crippen MR) is 81.8 cm³/mol. The lowest BCUT2D eigenvalue weighted by molar-refractivity contribution is 0.0322. The van der Waals surface area contributed by atoms with Crippen LogP contribution in [0.25, 0.3) is 10.2 Å². The first kappa shape index (κ1) is 14.8. The molecule has 114 valence electrons. The first-order valence-electron chi connectivity index (χ1n) is 6.62. The van der Waals surface area contributed by atoms with Crippen LogP contribution in [0.15, 0.2) is 6.07 Å². The summed E-state index contributed by atoms with van der Waals surface area (Å²) in [6, 6.07) is 1.63. The lowest BCUT2D eigenvalue weighted by atomic mass is 10.3. The van der Waals surface area contributed by atoms with E-state index >= 15 is 0 Å². The van der Waals surface area contributed by atoms with E-state index in [1.807, 2.05) is 0 Å². The summed E-state index contributed by atoms with van der Waals surface area (Å²) in [6.07, 6.45) is 0. The summed E-state index contributed by atoms with van der Waals surface area (Å²) in [4.78, 5) is 6.29. The first-order chi connectivity index (χ1) is 10.1. The van der Waals surface area contributed by atoms with E-state index in [2.05, 4.69) is 9.88 Å². The smallest absolute Gasteiger partial charge is 0.181 e. The van der Waals surface area contributed by atoms with Crippen molar-refractivity contribution in [3.63, 3.8) is 0 Å². The minimum Gasteiger partial charge on any atom is -0.490 e. The molecule has 0 amide bonds. The number of hydrogen-bond donors (Lipinski definition) is 1. The zero-order chi connectivity index (χ0) is 14.8. The van der Waals surface area contributed by atoms with Crippen molar-refractivity contribution >= 4 is 38.3 Å². The van der Waals surface area contributed by atoms with Crippen LogP contribution >= 0.6 is 22.9 Å². The van der Waals surface area contributed by atoms with E-state index < -0.39 is 5.82 Å². The molecule has 2 heterocycles. The number of fused-ring (bicyclic) bond motifs is 1. The number of nitrogens with zero attached hydrogens (tertiary/aromatic N) is 2. The maximum atomic E-state index is 14.1. The van der Waals surface area contributed by atoms with E-state index in [1.165, 1.54) is 0 Å². The standard InChI is InChI=1S/C13H15ClFN3O2S/c14-10-9(20-6-3-18-1-4-19-5-2-18)7-8-12(11(10)15)21-13(16)17-8/h7H,1-6H2,(H2,16,17). The van der Waals surface area contributed by atoms with Gasteiger partial charge in [-0.05, 0) is 0 Å². The Morgan fingerprint density at radius 1 is 1.48 bits per heavy atom. The highest BCUT2D eigenvalue weighted by Crippen LogP contribution is 2.37. The third-order valence-electron chi connectivity index (χ3n) is 3.31. The van der Waals surface area contributed by atoms with Gasteiger partial charge in [-0.3, -0.25) is 4.90 Å². The van der Waals surface area contributed by atoms with Crippen molar-refractivity contribution in [1.29, 1.82) is 0 Å². The van der Waals surface area contributed by atoms with Crippen LogP contribution in [0.4, 0.5) is 9.52 Å². The van der Waals surface area contributed by atoms with Gasteiger partial charge in [-0.15, -0.1) is 0 Å². The first-order valence-corrected chi connectivity index (χ1v) is 7.81. The van der Waals surface area contributed by atoms with Crippen LogP contribution in [0, 0.1) is 5.82 Å². The third kappa shape index (κ3) is 3.21. The number of anilines is 1. The molecule has 8 heteroatoms. The third-order valence-corrected chi connectivity index (χ3v) is 4.56. The molecule has 0 radical (unpaired) electrons. The monoisotopic (exact) mass is 331 g/mol. The molecule has 0 aliphatic carbocycles. The maximum absolute atomic E-state index is 14.1. The SMILES string of the molecule is Nc1nc2cc(OCCN3CCOCC3)c(Cl)c(F)c2s1. The molecule has 1 aromatic heterocycles. The molecule has 1 saturated heterocycles. The maximum Gasteiger partial charge on any atom is 0.181 e. The zero-order valence-electron chi connectivity index (χ0n) is 11.3. The van der Waals surface area contributed by atoms with Gasteiger partial charge in [-0.2, -0.15) is 0 Å². The van der Waals surface area contributed by atoms with Crippen molar-refractivity contribution in [3.8, 4) is 5.75 Å². The van der Waals surface area contributed by atoms with Gasteiger partial charge in [-0.25, -0.2) is 9.37 Å². The highest BCUT2D eigenvalue weighted by atomic mass is 35.5. The van der Waals surface area contributed by atoms with Gasteiger partial charge in [0.15, 0.2) is 10.9 Å². The molecule has 3 rings (SSSR count). The van der Waals surface area contributed by atoms with Crippen LogP contribution in [-0.2, 0) is 4.74 Å². The highest BCUT2D eigenvalue weighted by Gasteiger charge is 2.17. The summed E-state index contributed by atoms with van der Waals surface area (Å²) in [5.74, 6) is -0.218. The fourth-order valence-electron chi connectivity index (χ4n) is 2.21. The van der Waals surface area contributed by atoms with E-state index in [4.69, 9.17) is 26.8 Å². The summed E-state index contributed by atoms with van der Waals surface area (Å²) < 4.78 is 25.4. The average Bonchev–Trinajstić information content (AvgIpc) is 2.86. The molecular formula is C13H15ClFN3O2S. The molecule has 0 atom stereocenters. The molecular weight excluding hydrogens is 317 g/mol. The summed E-state index contributed by atoms with van der Waals surface area (Å²) in [7, 11) is 0. The van der Waals surface area contributed by atoms with Gasteiger partial charge < -0.3 is 15.2 Å². The molecule has 1 fully saturated rings. The number of aromatic nitrogens is 1. The minimum absolute atomic E-state index is 0.0203. The summed E-state index contributed by atoms with van der Waals surface area (Å²) >= 11 is 7.09. The van der Waals surface area contributed by atoms with Crippen molar-refractivity contribution in [3.05, 3.63) is 16.9 Å². The molecule has 5 nitrogen and oxygen atoms in total. The number of benzene rings is 1. The van der Waals surface area contributed by atoms with Crippen molar-refractivity contribution in [2.24, 2.45) is 0 Å². The van der Waals surface area contributed by atoms with Gasteiger partial charge >= 0.3 is 0 Å². The van der Waals surface area contributed by atoms with Crippen LogP contribution < -0.4 is 10.5 Å². The molecule has 1 aliphatic rings. The van der Waals surface area contributed by atoms with Crippen LogP contribution in [0.5, 0.6) is 5.75 Å². The molecule has 1 aliphatic heterocycles. The summed E-state index contributed by atoms with van der Waals surface area (Å²) in [5, 5.41) is 0.290. The lowest BCUT2D eigenvalue weighted by Gasteiger charge is -2.26. The highest BCUT2D eigenvalue weighted by molar-refractivity contribution is 7.22. The largest absolute Gasteiger partial charge is 0.490 e. The van der Waals surface area contributed by atoms with Gasteiger partial charge in [0.25, 0.3) is 0 Å². The van der Waals surface area contributed by atoms with E-state index in [9.17, 15) is 4.39 Å². The second-order valence-corrected chi connectivity index (χ2v) is 6.11. The Labute approximate surface area is 130 Å². The van der Waals surface area contributed by atoms with E-state index in [0.717, 1.165) is 44.2 Å². The van der Waals surface area contributed by atoms with Crippen molar-refractivity contribution in [2.45, 2.75) is 0 Å². The topological polar surface area (TPSA) is 60.6 Å². The Kier molecular flexibility index (Phi) is 4.44. The van der Waals surface area contributed by atoms with Crippen molar-refractivity contribution < 1.29 is 13.9 Å². The van der Waals surface area contributed by atoms with Crippen molar-refractivity contribution in [1.82, 2.24) is 9.88 Å². The van der Waals surface area contributed by atoms with Gasteiger partial charge in [0, 0.05) is 25.7 Å². The predicted octanol–water partition coefficient (Wildman–Crippen LogP) is 2.38. The number of thiazole rings is 1. The molecule has 0 spiro atoms. The number of rotatable bonds is 4. The molecule has 0 bridgehead atoms. The summed E-state index contributed by atoms with van der Waals surface area (Å²) in [6.45, 7) is 4.42. The van der Waals surface area contributed by atoms with Gasteiger partial charge in [0.05, 0.1) is 23.4 Å². The van der Waals surface area contributed by atoms with E-state index in [-0.39, 0.29) is 5.02 Å². The molecule has 1 aromatic carbocycles. The number of hydrogen-bond acceptors (Lipinski definition) is 6. The Hall–Kier alpha value is -1.15. The quantitative estimate of drug-likeness (QED) is 0.932. The number of halogens is 2. The van der Waals surface area contributed by atoms with Crippen molar-refractivity contribution in [2.75, 3.05) is 45.2 Å². The molecule has 21 heavy (non-hydrogen) atoms. The number of morpholine rings is 1. The normalized spacial score (nSPS) is 16.5. The molecule has 0 saturated carbocycles. The van der Waals surface area contributed by atoms with Crippen LogP contribution in [0.1, 0.15) is 0 Å². The number of nitrogens with two attached hydrogens (primary N) is 1.